The number of nitrogens with one attached hydrogen (secondary N) is 2. The first-order chi connectivity index (χ1) is 16.4. The van der Waals surface area contributed by atoms with Gasteiger partial charge in [0.15, 0.2) is 0 Å². The molecule has 0 amide bonds. The van der Waals surface area contributed by atoms with Gasteiger partial charge in [0, 0.05) is 44.3 Å². The molecule has 35 heavy (non-hydrogen) atoms. The summed E-state index contributed by atoms with van der Waals surface area (Å²) in [6.07, 6.45) is -4.05. The SMILES string of the molecule is CN(C)c1cccc(Nc2cc(Nc3cccc(S(=O)(=O)N(C)OC(=O)C(F)(F)F)c3)ncn2)c1. The molecule has 0 saturated heterocycles. The number of carbonyl (C=O) groups excluding carboxylic acids is 1. The molecule has 1 aromatic heterocycles. The number of hydrogen-bond acceptors (Lipinski definition) is 9. The fourth-order valence-corrected chi connectivity index (χ4v) is 3.74. The molecule has 1 heterocycles. The van der Waals surface area contributed by atoms with Crippen LogP contribution in [0, 0.1) is 0 Å². The van der Waals surface area contributed by atoms with Crippen molar-refractivity contribution < 1.29 is 31.2 Å². The molecule has 0 aliphatic carbocycles. The summed E-state index contributed by atoms with van der Waals surface area (Å²) >= 11 is 0. The van der Waals surface area contributed by atoms with E-state index in [1.807, 2.05) is 43.3 Å². The van der Waals surface area contributed by atoms with E-state index < -0.39 is 27.1 Å². The van der Waals surface area contributed by atoms with Gasteiger partial charge >= 0.3 is 12.1 Å². The molecule has 0 spiro atoms. The van der Waals surface area contributed by atoms with E-state index in [-0.39, 0.29) is 10.2 Å². The number of anilines is 5. The highest BCUT2D eigenvalue weighted by molar-refractivity contribution is 7.89. The fourth-order valence-electron chi connectivity index (χ4n) is 2.75. The third-order valence-corrected chi connectivity index (χ3v) is 6.09. The minimum atomic E-state index is -5.35. The Kier molecular flexibility index (Phi) is 7.45. The first-order valence-corrected chi connectivity index (χ1v) is 11.3. The first kappa shape index (κ1) is 25.7. The molecular weight excluding hydrogens is 489 g/mol. The van der Waals surface area contributed by atoms with Crippen molar-refractivity contribution in [3.8, 4) is 0 Å². The second-order valence-corrected chi connectivity index (χ2v) is 9.24. The van der Waals surface area contributed by atoms with Gasteiger partial charge < -0.3 is 20.4 Å². The third kappa shape index (κ3) is 6.58. The summed E-state index contributed by atoms with van der Waals surface area (Å²) < 4.78 is 62.2. The van der Waals surface area contributed by atoms with E-state index >= 15 is 0 Å². The molecular formula is C21H21F3N6O4S. The highest BCUT2D eigenvalue weighted by atomic mass is 32.2. The van der Waals surface area contributed by atoms with Crippen LogP contribution >= 0.6 is 0 Å². The maximum atomic E-state index is 12.5. The first-order valence-electron chi connectivity index (χ1n) is 9.88. The van der Waals surface area contributed by atoms with Crippen molar-refractivity contribution in [3.63, 3.8) is 0 Å². The van der Waals surface area contributed by atoms with E-state index in [1.165, 1.54) is 18.5 Å². The van der Waals surface area contributed by atoms with E-state index in [2.05, 4.69) is 25.4 Å². The Morgan fingerprint density at radius 3 is 2.06 bits per heavy atom. The van der Waals surface area contributed by atoms with Crippen molar-refractivity contribution in [2.24, 2.45) is 0 Å². The quantitative estimate of drug-likeness (QED) is 0.438. The lowest BCUT2D eigenvalue weighted by molar-refractivity contribution is -0.219. The van der Waals surface area contributed by atoms with Crippen LogP contribution in [0.5, 0.6) is 0 Å². The molecule has 0 fully saturated rings. The molecule has 10 nitrogen and oxygen atoms in total. The Balaban J connectivity index is 1.76. The number of rotatable bonds is 8. The smallest absolute Gasteiger partial charge is 0.378 e. The van der Waals surface area contributed by atoms with Gasteiger partial charge in [0.05, 0.1) is 4.90 Å². The molecule has 0 bridgehead atoms. The number of alkyl halides is 3. The average Bonchev–Trinajstić information content (AvgIpc) is 2.79. The summed E-state index contributed by atoms with van der Waals surface area (Å²) in [5.74, 6) is -1.88. The maximum absolute atomic E-state index is 12.5. The zero-order valence-corrected chi connectivity index (χ0v) is 19.6. The summed E-state index contributed by atoms with van der Waals surface area (Å²) in [4.78, 5) is 24.7. The minimum absolute atomic E-state index is 0.142. The summed E-state index contributed by atoms with van der Waals surface area (Å²) in [6, 6.07) is 14.4. The highest BCUT2D eigenvalue weighted by Crippen LogP contribution is 2.25. The molecule has 0 aliphatic rings. The lowest BCUT2D eigenvalue weighted by atomic mass is 10.2. The van der Waals surface area contributed by atoms with E-state index in [1.54, 1.807) is 6.07 Å². The number of halogens is 3. The topological polar surface area (TPSA) is 117 Å². The van der Waals surface area contributed by atoms with Gasteiger partial charge in [-0.1, -0.05) is 12.1 Å². The van der Waals surface area contributed by atoms with Crippen LogP contribution in [0.2, 0.25) is 0 Å². The van der Waals surface area contributed by atoms with Crippen molar-refractivity contribution in [2.75, 3.05) is 36.7 Å². The molecule has 3 aromatic rings. The molecule has 0 aliphatic heterocycles. The molecule has 2 N–H and O–H groups in total. The van der Waals surface area contributed by atoms with Crippen molar-refractivity contribution in [1.82, 2.24) is 14.4 Å². The van der Waals surface area contributed by atoms with Gasteiger partial charge in [-0.05, 0) is 40.9 Å². The number of aromatic nitrogens is 2. The number of nitrogens with zero attached hydrogens (tertiary/aromatic N) is 4. The average molecular weight is 510 g/mol. The van der Waals surface area contributed by atoms with E-state index in [4.69, 9.17) is 0 Å². The van der Waals surface area contributed by atoms with Gasteiger partial charge in [-0.15, -0.1) is 0 Å². The molecule has 14 heteroatoms. The zero-order chi connectivity index (χ0) is 25.8. The van der Waals surface area contributed by atoms with Crippen LogP contribution in [-0.4, -0.2) is 56.1 Å². The van der Waals surface area contributed by atoms with Crippen LogP contribution in [0.3, 0.4) is 0 Å². The number of hydroxylamine groups is 1. The van der Waals surface area contributed by atoms with Gasteiger partial charge in [-0.2, -0.15) is 13.2 Å². The van der Waals surface area contributed by atoms with Crippen molar-refractivity contribution in [3.05, 3.63) is 60.9 Å². The number of sulfonamides is 1. The van der Waals surface area contributed by atoms with E-state index in [0.29, 0.717) is 18.7 Å². The van der Waals surface area contributed by atoms with Gasteiger partial charge in [0.1, 0.15) is 18.0 Å². The van der Waals surface area contributed by atoms with Crippen LogP contribution in [0.1, 0.15) is 0 Å². The molecule has 0 atom stereocenters. The largest absolute Gasteiger partial charge is 0.492 e. The fraction of sp³-hybridized carbons (Fsp3) is 0.190. The lowest BCUT2D eigenvalue weighted by Crippen LogP contribution is -2.36. The Labute approximate surface area is 199 Å². The van der Waals surface area contributed by atoms with Crippen LogP contribution in [0.15, 0.2) is 65.8 Å². The second-order valence-electron chi connectivity index (χ2n) is 7.30. The molecule has 2 aromatic carbocycles. The van der Waals surface area contributed by atoms with Gasteiger partial charge in [-0.25, -0.2) is 23.2 Å². The molecule has 0 unspecified atom stereocenters. The monoisotopic (exact) mass is 510 g/mol. The third-order valence-electron chi connectivity index (χ3n) is 4.49. The van der Waals surface area contributed by atoms with Crippen LogP contribution in [0.4, 0.5) is 41.9 Å². The van der Waals surface area contributed by atoms with E-state index in [0.717, 1.165) is 23.5 Å². The predicted octanol–water partition coefficient (Wildman–Crippen LogP) is 3.67. The molecule has 186 valence electrons. The van der Waals surface area contributed by atoms with E-state index in [9.17, 15) is 26.4 Å². The van der Waals surface area contributed by atoms with Crippen LogP contribution in [-0.2, 0) is 19.7 Å². The van der Waals surface area contributed by atoms with Crippen molar-refractivity contribution >= 4 is 44.7 Å². The molecule has 3 rings (SSSR count). The Hall–Kier alpha value is -3.91. The Bertz CT molecular complexity index is 1320. The summed E-state index contributed by atoms with van der Waals surface area (Å²) in [7, 11) is -0.0509. The summed E-state index contributed by atoms with van der Waals surface area (Å²) in [6.45, 7) is 0. The second kappa shape index (κ2) is 10.1. The number of carbonyl (C=O) groups is 1. The van der Waals surface area contributed by atoms with Crippen LogP contribution < -0.4 is 15.5 Å². The lowest BCUT2D eigenvalue weighted by Gasteiger charge is -2.17. The van der Waals surface area contributed by atoms with Gasteiger partial charge in [0.25, 0.3) is 10.0 Å². The Morgan fingerprint density at radius 1 is 0.914 bits per heavy atom. The van der Waals surface area contributed by atoms with Crippen LogP contribution in [0.25, 0.3) is 0 Å². The Morgan fingerprint density at radius 2 is 1.49 bits per heavy atom. The number of hydrogen-bond donors (Lipinski definition) is 2. The maximum Gasteiger partial charge on any atom is 0.492 e. The van der Waals surface area contributed by atoms with Gasteiger partial charge in [0.2, 0.25) is 0 Å². The van der Waals surface area contributed by atoms with Crippen molar-refractivity contribution in [2.45, 2.75) is 11.1 Å². The molecule has 0 radical (unpaired) electrons. The number of benzene rings is 2. The summed E-state index contributed by atoms with van der Waals surface area (Å²) in [5, 5.41) is 6.05. The standard InChI is InChI=1S/C21H21F3N6O4S/c1-29(2)16-8-4-6-14(10-16)27-18-12-19(26-13-25-18)28-15-7-5-9-17(11-15)35(32,33)30(3)34-20(31)21(22,23)24/h4-13H,1-3H3,(H2,25,26,27,28). The molecule has 0 saturated carbocycles. The zero-order valence-electron chi connectivity index (χ0n) is 18.7. The summed E-state index contributed by atoms with van der Waals surface area (Å²) in [5.41, 5.74) is 2.03. The van der Waals surface area contributed by atoms with Crippen molar-refractivity contribution in [1.29, 1.82) is 0 Å². The minimum Gasteiger partial charge on any atom is -0.378 e. The van der Waals surface area contributed by atoms with Gasteiger partial charge in [-0.3, -0.25) is 0 Å². The normalized spacial score (nSPS) is 11.7. The predicted molar refractivity (Wildman–Crippen MR) is 123 cm³/mol. The highest BCUT2D eigenvalue weighted by Gasteiger charge is 2.43.